The maximum atomic E-state index is 12.3. The Balaban J connectivity index is 1.75. The molecule has 2 aliphatic heterocycles. The molecule has 1 unspecified atom stereocenters. The molecule has 0 amide bonds. The van der Waals surface area contributed by atoms with Gasteiger partial charge in [-0.2, -0.15) is 0 Å². The SMILES string of the molecule is CC1CCN(c2nnc(SCC(=O)C(C)(C)C)n2CC2CCCO2)CC1. The van der Waals surface area contributed by atoms with Crippen LogP contribution in [0.1, 0.15) is 53.4 Å². The number of hydrogen-bond donors (Lipinski definition) is 0. The van der Waals surface area contributed by atoms with Crippen molar-refractivity contribution in [3.8, 4) is 0 Å². The highest BCUT2D eigenvalue weighted by atomic mass is 32.2. The van der Waals surface area contributed by atoms with Crippen LogP contribution in [0.25, 0.3) is 0 Å². The van der Waals surface area contributed by atoms with E-state index in [1.54, 1.807) is 0 Å². The summed E-state index contributed by atoms with van der Waals surface area (Å²) >= 11 is 1.51. The lowest BCUT2D eigenvalue weighted by Gasteiger charge is -2.31. The lowest BCUT2D eigenvalue weighted by atomic mass is 9.92. The first-order valence-electron chi connectivity index (χ1n) is 9.80. The Kier molecular flexibility index (Phi) is 6.28. The Labute approximate surface area is 161 Å². The second-order valence-electron chi connectivity index (χ2n) is 8.66. The van der Waals surface area contributed by atoms with E-state index in [1.807, 2.05) is 20.8 Å². The maximum Gasteiger partial charge on any atom is 0.228 e. The van der Waals surface area contributed by atoms with Gasteiger partial charge in [-0.25, -0.2) is 0 Å². The summed E-state index contributed by atoms with van der Waals surface area (Å²) in [6.45, 7) is 11.9. The van der Waals surface area contributed by atoms with Gasteiger partial charge in [0.15, 0.2) is 5.16 Å². The summed E-state index contributed by atoms with van der Waals surface area (Å²) in [6.07, 6.45) is 4.81. The molecule has 7 heteroatoms. The molecule has 0 N–H and O–H groups in total. The second kappa shape index (κ2) is 8.30. The van der Waals surface area contributed by atoms with Crippen LogP contribution in [0.4, 0.5) is 5.95 Å². The lowest BCUT2D eigenvalue weighted by molar-refractivity contribution is -0.123. The number of ether oxygens (including phenoxy) is 1. The van der Waals surface area contributed by atoms with E-state index in [1.165, 1.54) is 24.6 Å². The number of rotatable bonds is 6. The quantitative estimate of drug-likeness (QED) is 0.705. The number of nitrogens with zero attached hydrogens (tertiary/aromatic N) is 4. The standard InChI is InChI=1S/C19H32N4O2S/c1-14-7-9-22(10-8-14)17-20-21-18(26-13-16(24)19(2,3)4)23(17)12-15-6-5-11-25-15/h14-15H,5-13H2,1-4H3. The normalized spacial score (nSPS) is 22.2. The molecule has 3 heterocycles. The zero-order chi connectivity index (χ0) is 18.7. The molecule has 6 nitrogen and oxygen atoms in total. The van der Waals surface area contributed by atoms with E-state index in [0.29, 0.717) is 5.75 Å². The number of carbonyl (C=O) groups is 1. The monoisotopic (exact) mass is 380 g/mol. The van der Waals surface area contributed by atoms with Crippen LogP contribution >= 0.6 is 11.8 Å². The summed E-state index contributed by atoms with van der Waals surface area (Å²) in [7, 11) is 0. The zero-order valence-electron chi connectivity index (χ0n) is 16.5. The third-order valence-electron chi connectivity index (χ3n) is 5.34. The zero-order valence-corrected chi connectivity index (χ0v) is 17.3. The Hall–Kier alpha value is -1.08. The van der Waals surface area contributed by atoms with Crippen LogP contribution < -0.4 is 4.90 Å². The van der Waals surface area contributed by atoms with Gasteiger partial charge in [0.25, 0.3) is 0 Å². The fourth-order valence-corrected chi connectivity index (χ4v) is 4.43. The van der Waals surface area contributed by atoms with Gasteiger partial charge >= 0.3 is 0 Å². The van der Waals surface area contributed by atoms with Crippen LogP contribution in [-0.2, 0) is 16.1 Å². The van der Waals surface area contributed by atoms with Crippen molar-refractivity contribution in [3.63, 3.8) is 0 Å². The van der Waals surface area contributed by atoms with Crippen molar-refractivity contribution in [2.45, 2.75) is 71.2 Å². The van der Waals surface area contributed by atoms with Crippen LogP contribution in [0.5, 0.6) is 0 Å². The Morgan fingerprint density at radius 3 is 2.58 bits per heavy atom. The molecule has 2 saturated heterocycles. The number of hydrogen-bond acceptors (Lipinski definition) is 6. The maximum absolute atomic E-state index is 12.3. The third kappa shape index (κ3) is 4.80. The molecule has 1 atom stereocenters. The highest BCUT2D eigenvalue weighted by Crippen LogP contribution is 2.29. The summed E-state index contributed by atoms with van der Waals surface area (Å²) in [5.41, 5.74) is -0.321. The molecule has 1 aromatic heterocycles. The lowest BCUT2D eigenvalue weighted by Crippen LogP contribution is -2.35. The number of carbonyl (C=O) groups excluding carboxylic acids is 1. The van der Waals surface area contributed by atoms with Gasteiger partial charge in [-0.3, -0.25) is 9.36 Å². The van der Waals surface area contributed by atoms with E-state index in [0.717, 1.165) is 56.1 Å². The number of piperidine rings is 1. The van der Waals surface area contributed by atoms with Crippen molar-refractivity contribution in [1.82, 2.24) is 14.8 Å². The fraction of sp³-hybridized carbons (Fsp3) is 0.842. The average Bonchev–Trinajstić information content (AvgIpc) is 3.23. The molecular weight excluding hydrogens is 348 g/mol. The number of Topliss-reactive ketones (excluding diaryl/α,β-unsaturated/α-hetero) is 1. The second-order valence-corrected chi connectivity index (χ2v) is 9.60. The van der Waals surface area contributed by atoms with Crippen LogP contribution in [-0.4, -0.2) is 52.1 Å². The minimum absolute atomic E-state index is 0.228. The highest BCUT2D eigenvalue weighted by Gasteiger charge is 2.27. The Morgan fingerprint density at radius 1 is 1.23 bits per heavy atom. The van der Waals surface area contributed by atoms with E-state index in [4.69, 9.17) is 4.74 Å². The molecule has 2 aliphatic rings. The number of thioether (sulfide) groups is 1. The van der Waals surface area contributed by atoms with Crippen molar-refractivity contribution >= 4 is 23.5 Å². The Bertz CT molecular complexity index is 612. The predicted molar refractivity (Wildman–Crippen MR) is 105 cm³/mol. The van der Waals surface area contributed by atoms with Crippen molar-refractivity contribution in [1.29, 1.82) is 0 Å². The molecule has 0 aromatic carbocycles. The van der Waals surface area contributed by atoms with Gasteiger partial charge < -0.3 is 9.64 Å². The van der Waals surface area contributed by atoms with Gasteiger partial charge in [-0.1, -0.05) is 39.5 Å². The van der Waals surface area contributed by atoms with Gasteiger partial charge in [0, 0.05) is 25.1 Å². The van der Waals surface area contributed by atoms with Crippen molar-refractivity contribution in [2.75, 3.05) is 30.3 Å². The molecule has 0 saturated carbocycles. The van der Waals surface area contributed by atoms with Gasteiger partial charge in [0.2, 0.25) is 5.95 Å². The minimum Gasteiger partial charge on any atom is -0.376 e. The molecule has 3 rings (SSSR count). The predicted octanol–water partition coefficient (Wildman–Crippen LogP) is 3.40. The Morgan fingerprint density at radius 2 is 1.96 bits per heavy atom. The summed E-state index contributed by atoms with van der Waals surface area (Å²) in [5, 5.41) is 9.77. The first kappa shape index (κ1) is 19.7. The third-order valence-corrected chi connectivity index (χ3v) is 6.31. The van der Waals surface area contributed by atoms with Gasteiger partial charge in [0.1, 0.15) is 5.78 Å². The molecule has 1 aromatic rings. The number of anilines is 1. The van der Waals surface area contributed by atoms with Crippen LogP contribution in [0.2, 0.25) is 0 Å². The summed E-state index contributed by atoms with van der Waals surface area (Å²) in [6, 6.07) is 0. The number of ketones is 1. The minimum atomic E-state index is -0.321. The first-order chi connectivity index (χ1) is 12.3. The molecule has 0 bridgehead atoms. The van der Waals surface area contributed by atoms with E-state index >= 15 is 0 Å². The van der Waals surface area contributed by atoms with Gasteiger partial charge in [0.05, 0.1) is 18.4 Å². The molecule has 0 radical (unpaired) electrons. The molecule has 26 heavy (non-hydrogen) atoms. The first-order valence-corrected chi connectivity index (χ1v) is 10.8. The summed E-state index contributed by atoms with van der Waals surface area (Å²) in [4.78, 5) is 14.7. The van der Waals surface area contributed by atoms with E-state index in [2.05, 4.69) is 26.6 Å². The molecule has 2 fully saturated rings. The van der Waals surface area contributed by atoms with Crippen LogP contribution in [0.3, 0.4) is 0 Å². The van der Waals surface area contributed by atoms with Crippen LogP contribution in [0.15, 0.2) is 5.16 Å². The molecule has 0 aliphatic carbocycles. The molecule has 0 spiro atoms. The molecule has 146 valence electrons. The van der Waals surface area contributed by atoms with Crippen molar-refractivity contribution < 1.29 is 9.53 Å². The average molecular weight is 381 g/mol. The van der Waals surface area contributed by atoms with E-state index in [-0.39, 0.29) is 17.3 Å². The summed E-state index contributed by atoms with van der Waals surface area (Å²) < 4.78 is 8.04. The number of aromatic nitrogens is 3. The van der Waals surface area contributed by atoms with E-state index in [9.17, 15) is 4.79 Å². The van der Waals surface area contributed by atoms with Crippen molar-refractivity contribution in [2.24, 2.45) is 11.3 Å². The molecular formula is C19H32N4O2S. The fourth-order valence-electron chi connectivity index (χ4n) is 3.33. The van der Waals surface area contributed by atoms with Gasteiger partial charge in [-0.15, -0.1) is 10.2 Å². The van der Waals surface area contributed by atoms with Gasteiger partial charge in [-0.05, 0) is 31.6 Å². The van der Waals surface area contributed by atoms with Crippen LogP contribution in [0, 0.1) is 11.3 Å². The largest absolute Gasteiger partial charge is 0.376 e. The topological polar surface area (TPSA) is 60.2 Å². The highest BCUT2D eigenvalue weighted by molar-refractivity contribution is 7.99. The smallest absolute Gasteiger partial charge is 0.228 e. The van der Waals surface area contributed by atoms with Crippen molar-refractivity contribution in [3.05, 3.63) is 0 Å². The van der Waals surface area contributed by atoms with E-state index < -0.39 is 0 Å². The summed E-state index contributed by atoms with van der Waals surface area (Å²) in [5.74, 6) is 2.39.